The van der Waals surface area contributed by atoms with E-state index in [1.54, 1.807) is 13.0 Å². The minimum absolute atomic E-state index is 0.0889. The lowest BCUT2D eigenvalue weighted by atomic mass is 9.87. The standard InChI is InChI=1S/C24H30N4O2/c1-7-24(5,6)20-15-21(28(27-20)19-12-10-9-11-16(19)3)26-22-18(23(29)30-8-2)14-13-17(4)25-22/h9-15H,7-8H2,1-6H3,(H,25,26). The second kappa shape index (κ2) is 8.69. The second-order valence-corrected chi connectivity index (χ2v) is 8.04. The monoisotopic (exact) mass is 406 g/mol. The topological polar surface area (TPSA) is 69.0 Å². The number of anilines is 2. The third-order valence-electron chi connectivity index (χ3n) is 5.41. The average Bonchev–Trinajstić information content (AvgIpc) is 3.13. The summed E-state index contributed by atoms with van der Waals surface area (Å²) in [5, 5.41) is 8.28. The molecule has 0 spiro atoms. The molecule has 6 nitrogen and oxygen atoms in total. The van der Waals surface area contributed by atoms with Crippen molar-refractivity contribution < 1.29 is 9.53 Å². The van der Waals surface area contributed by atoms with Crippen molar-refractivity contribution in [3.8, 4) is 5.69 Å². The minimum atomic E-state index is -0.399. The van der Waals surface area contributed by atoms with Crippen molar-refractivity contribution in [2.24, 2.45) is 0 Å². The summed E-state index contributed by atoms with van der Waals surface area (Å²) >= 11 is 0. The van der Waals surface area contributed by atoms with E-state index in [-0.39, 0.29) is 5.41 Å². The Bertz CT molecular complexity index is 1050. The Balaban J connectivity index is 2.14. The molecule has 2 aromatic heterocycles. The molecule has 0 saturated heterocycles. The zero-order valence-electron chi connectivity index (χ0n) is 18.6. The summed E-state index contributed by atoms with van der Waals surface area (Å²) in [6.07, 6.45) is 0.952. The number of rotatable bonds is 7. The van der Waals surface area contributed by atoms with Crippen molar-refractivity contribution in [1.29, 1.82) is 0 Å². The first-order valence-corrected chi connectivity index (χ1v) is 10.3. The van der Waals surface area contributed by atoms with E-state index < -0.39 is 5.97 Å². The van der Waals surface area contributed by atoms with Crippen LogP contribution in [0.2, 0.25) is 0 Å². The van der Waals surface area contributed by atoms with Gasteiger partial charge in [-0.25, -0.2) is 14.5 Å². The Morgan fingerprint density at radius 2 is 1.87 bits per heavy atom. The largest absolute Gasteiger partial charge is 0.462 e. The Morgan fingerprint density at radius 3 is 2.53 bits per heavy atom. The van der Waals surface area contributed by atoms with Gasteiger partial charge < -0.3 is 10.1 Å². The maximum absolute atomic E-state index is 12.5. The van der Waals surface area contributed by atoms with Crippen LogP contribution in [0, 0.1) is 13.8 Å². The van der Waals surface area contributed by atoms with E-state index >= 15 is 0 Å². The van der Waals surface area contributed by atoms with Gasteiger partial charge in [0, 0.05) is 17.2 Å². The van der Waals surface area contributed by atoms with Gasteiger partial charge in [0.05, 0.1) is 18.0 Å². The number of para-hydroxylation sites is 1. The summed E-state index contributed by atoms with van der Waals surface area (Å²) in [6, 6.07) is 13.7. The molecule has 0 aliphatic rings. The van der Waals surface area contributed by atoms with Crippen molar-refractivity contribution in [2.45, 2.75) is 53.4 Å². The Kier molecular flexibility index (Phi) is 6.25. The number of carbonyl (C=O) groups excluding carboxylic acids is 1. The van der Waals surface area contributed by atoms with Crippen LogP contribution in [0.3, 0.4) is 0 Å². The van der Waals surface area contributed by atoms with Crippen molar-refractivity contribution in [3.63, 3.8) is 0 Å². The van der Waals surface area contributed by atoms with Gasteiger partial charge in [0.2, 0.25) is 0 Å². The lowest BCUT2D eigenvalue weighted by Gasteiger charge is -2.19. The zero-order valence-corrected chi connectivity index (χ0v) is 18.6. The van der Waals surface area contributed by atoms with E-state index in [0.717, 1.165) is 34.9 Å². The van der Waals surface area contributed by atoms with E-state index in [2.05, 4.69) is 44.1 Å². The molecule has 6 heteroatoms. The van der Waals surface area contributed by atoms with Gasteiger partial charge >= 0.3 is 5.97 Å². The number of hydrogen-bond acceptors (Lipinski definition) is 5. The molecule has 0 aliphatic carbocycles. The quantitative estimate of drug-likeness (QED) is 0.525. The van der Waals surface area contributed by atoms with Gasteiger partial charge in [-0.3, -0.25) is 0 Å². The van der Waals surface area contributed by atoms with Gasteiger partial charge in [-0.15, -0.1) is 0 Å². The van der Waals surface area contributed by atoms with Crippen LogP contribution in [-0.4, -0.2) is 27.3 Å². The lowest BCUT2D eigenvalue weighted by molar-refractivity contribution is 0.0527. The fraction of sp³-hybridized carbons (Fsp3) is 0.375. The molecule has 0 unspecified atom stereocenters. The molecule has 0 atom stereocenters. The highest BCUT2D eigenvalue weighted by Gasteiger charge is 2.25. The normalized spacial score (nSPS) is 11.4. The summed E-state index contributed by atoms with van der Waals surface area (Å²) in [6.45, 7) is 12.6. The number of carbonyl (C=O) groups is 1. The van der Waals surface area contributed by atoms with Crippen LogP contribution in [0.15, 0.2) is 42.5 Å². The summed E-state index contributed by atoms with van der Waals surface area (Å²) in [5.74, 6) is 0.817. The first kappa shape index (κ1) is 21.6. The number of nitrogens with one attached hydrogen (secondary N) is 1. The van der Waals surface area contributed by atoms with Crippen LogP contribution >= 0.6 is 0 Å². The molecule has 0 saturated carbocycles. The molecule has 0 fully saturated rings. The number of aromatic nitrogens is 3. The van der Waals surface area contributed by atoms with Crippen molar-refractivity contribution >= 4 is 17.6 Å². The maximum Gasteiger partial charge on any atom is 0.341 e. The fourth-order valence-corrected chi connectivity index (χ4v) is 3.11. The SMILES string of the molecule is CCOC(=O)c1ccc(C)nc1Nc1cc(C(C)(C)CC)nn1-c1ccccc1C. The first-order valence-electron chi connectivity index (χ1n) is 10.3. The first-order chi connectivity index (χ1) is 14.3. The predicted octanol–water partition coefficient (Wildman–Crippen LogP) is 5.49. The highest BCUT2D eigenvalue weighted by atomic mass is 16.5. The predicted molar refractivity (Wildman–Crippen MR) is 120 cm³/mol. The van der Waals surface area contributed by atoms with Crippen LogP contribution < -0.4 is 5.32 Å². The number of esters is 1. The third-order valence-corrected chi connectivity index (χ3v) is 5.41. The molecule has 0 radical (unpaired) electrons. The molecule has 3 aromatic rings. The summed E-state index contributed by atoms with van der Waals surface area (Å²) in [4.78, 5) is 17.0. The summed E-state index contributed by atoms with van der Waals surface area (Å²) in [5.41, 5.74) is 4.17. The van der Waals surface area contributed by atoms with E-state index in [1.807, 2.05) is 41.9 Å². The summed E-state index contributed by atoms with van der Waals surface area (Å²) < 4.78 is 7.11. The van der Waals surface area contributed by atoms with Crippen molar-refractivity contribution in [3.05, 3.63) is 65.0 Å². The molecular weight excluding hydrogens is 376 g/mol. The van der Waals surface area contributed by atoms with Gasteiger partial charge in [0.1, 0.15) is 17.2 Å². The van der Waals surface area contributed by atoms with Crippen LogP contribution in [0.1, 0.15) is 61.4 Å². The Labute approximate surface area is 178 Å². The third kappa shape index (κ3) is 4.37. The molecule has 158 valence electrons. The smallest absolute Gasteiger partial charge is 0.341 e. The van der Waals surface area contributed by atoms with E-state index in [9.17, 15) is 4.79 Å². The molecule has 1 N–H and O–H groups in total. The number of pyridine rings is 1. The minimum Gasteiger partial charge on any atom is -0.462 e. The van der Waals surface area contributed by atoms with Gasteiger partial charge in [-0.05, 0) is 51.0 Å². The van der Waals surface area contributed by atoms with Crippen LogP contribution in [0.5, 0.6) is 0 Å². The molecule has 0 amide bonds. The van der Waals surface area contributed by atoms with Gasteiger partial charge in [0.15, 0.2) is 0 Å². The fourth-order valence-electron chi connectivity index (χ4n) is 3.11. The number of ether oxygens (including phenoxy) is 1. The van der Waals surface area contributed by atoms with Gasteiger partial charge in [0.25, 0.3) is 0 Å². The van der Waals surface area contributed by atoms with E-state index in [4.69, 9.17) is 9.84 Å². The number of nitrogens with zero attached hydrogens (tertiary/aromatic N) is 3. The average molecular weight is 407 g/mol. The molecule has 1 aromatic carbocycles. The van der Waals surface area contributed by atoms with E-state index in [0.29, 0.717) is 18.0 Å². The molecular formula is C24H30N4O2. The summed E-state index contributed by atoms with van der Waals surface area (Å²) in [7, 11) is 0. The van der Waals surface area contributed by atoms with Crippen molar-refractivity contribution in [2.75, 3.05) is 11.9 Å². The lowest BCUT2D eigenvalue weighted by Crippen LogP contribution is -2.16. The number of aryl methyl sites for hydroxylation is 2. The number of benzene rings is 1. The zero-order chi connectivity index (χ0) is 21.9. The maximum atomic E-state index is 12.5. The highest BCUT2D eigenvalue weighted by molar-refractivity contribution is 5.95. The van der Waals surface area contributed by atoms with Gasteiger partial charge in [-0.2, -0.15) is 5.10 Å². The molecule has 0 bridgehead atoms. The van der Waals surface area contributed by atoms with Crippen LogP contribution in [-0.2, 0) is 10.2 Å². The molecule has 30 heavy (non-hydrogen) atoms. The van der Waals surface area contributed by atoms with Crippen LogP contribution in [0.4, 0.5) is 11.6 Å². The Hall–Kier alpha value is -3.15. The second-order valence-electron chi connectivity index (χ2n) is 8.04. The Morgan fingerprint density at radius 1 is 1.13 bits per heavy atom. The van der Waals surface area contributed by atoms with Gasteiger partial charge in [-0.1, -0.05) is 39.0 Å². The van der Waals surface area contributed by atoms with Crippen molar-refractivity contribution in [1.82, 2.24) is 14.8 Å². The molecule has 2 heterocycles. The molecule has 0 aliphatic heterocycles. The number of hydrogen-bond donors (Lipinski definition) is 1. The van der Waals surface area contributed by atoms with Crippen LogP contribution in [0.25, 0.3) is 5.69 Å². The highest BCUT2D eigenvalue weighted by Crippen LogP contribution is 2.31. The van der Waals surface area contributed by atoms with E-state index in [1.165, 1.54) is 0 Å². The molecule has 3 rings (SSSR count).